The van der Waals surface area contributed by atoms with Gasteiger partial charge in [-0.15, -0.1) is 5.10 Å². The van der Waals surface area contributed by atoms with E-state index >= 15 is 0 Å². The van der Waals surface area contributed by atoms with Crippen molar-refractivity contribution in [1.29, 1.82) is 0 Å². The molecule has 2 aromatic rings. The average molecular weight is 241 g/mol. The van der Waals surface area contributed by atoms with Gasteiger partial charge in [-0.2, -0.15) is 13.2 Å². The lowest BCUT2D eigenvalue weighted by molar-refractivity contribution is -0.141. The number of aldehydes is 1. The van der Waals surface area contributed by atoms with Gasteiger partial charge in [-0.3, -0.25) is 4.79 Å². The molecule has 1 heterocycles. The average Bonchev–Trinajstić information content (AvgIpc) is 2.77. The first kappa shape index (κ1) is 11.3. The van der Waals surface area contributed by atoms with Crippen molar-refractivity contribution in [2.75, 3.05) is 0 Å². The summed E-state index contributed by atoms with van der Waals surface area (Å²) in [7, 11) is 0. The Morgan fingerprint density at radius 2 is 1.94 bits per heavy atom. The lowest BCUT2D eigenvalue weighted by atomic mass is 10.2. The van der Waals surface area contributed by atoms with Gasteiger partial charge in [0.15, 0.2) is 12.0 Å². The molecule has 0 N–H and O–H groups in total. The maximum absolute atomic E-state index is 12.3. The summed E-state index contributed by atoms with van der Waals surface area (Å²) in [5.41, 5.74) is -0.602. The van der Waals surface area contributed by atoms with Crippen molar-refractivity contribution in [3.8, 4) is 5.69 Å². The van der Waals surface area contributed by atoms with E-state index in [2.05, 4.69) is 10.3 Å². The van der Waals surface area contributed by atoms with Crippen LogP contribution in [-0.4, -0.2) is 21.3 Å². The fourth-order valence-electron chi connectivity index (χ4n) is 1.31. The Bertz CT molecular complexity index is 548. The normalized spacial score (nSPS) is 11.5. The van der Waals surface area contributed by atoms with E-state index in [0.29, 0.717) is 6.29 Å². The molecule has 0 amide bonds. The number of benzene rings is 1. The van der Waals surface area contributed by atoms with Gasteiger partial charge < -0.3 is 0 Å². The number of carbonyl (C=O) groups excluding carboxylic acids is 1. The quantitative estimate of drug-likeness (QED) is 0.756. The van der Waals surface area contributed by atoms with Crippen LogP contribution in [0.25, 0.3) is 5.69 Å². The van der Waals surface area contributed by atoms with Gasteiger partial charge >= 0.3 is 6.18 Å². The van der Waals surface area contributed by atoms with Crippen molar-refractivity contribution in [2.24, 2.45) is 0 Å². The zero-order valence-electron chi connectivity index (χ0n) is 8.35. The van der Waals surface area contributed by atoms with Crippen LogP contribution in [0.1, 0.15) is 16.1 Å². The molecule has 0 unspecified atom stereocenters. The molecule has 0 saturated heterocycles. The third kappa shape index (κ3) is 2.17. The van der Waals surface area contributed by atoms with Crippen LogP contribution in [0, 0.1) is 0 Å². The Labute approximate surface area is 93.7 Å². The number of hydrogen-bond acceptors (Lipinski definition) is 3. The van der Waals surface area contributed by atoms with Gasteiger partial charge in [0.25, 0.3) is 0 Å². The van der Waals surface area contributed by atoms with Gasteiger partial charge in [0, 0.05) is 5.56 Å². The first-order chi connectivity index (χ1) is 8.02. The molecule has 0 spiro atoms. The number of halogens is 3. The first-order valence-corrected chi connectivity index (χ1v) is 4.56. The Hall–Kier alpha value is -2.18. The van der Waals surface area contributed by atoms with Crippen molar-refractivity contribution >= 4 is 6.29 Å². The van der Waals surface area contributed by atoms with Crippen molar-refractivity contribution < 1.29 is 18.0 Å². The van der Waals surface area contributed by atoms with Crippen molar-refractivity contribution in [3.05, 3.63) is 41.7 Å². The standard InChI is InChI=1S/C10H6F3N3O/c11-10(12,13)9-5-16(15-14-9)8-4-2-1-3-7(8)6-17/h1-6H. The molecule has 7 heteroatoms. The Morgan fingerprint density at radius 3 is 2.53 bits per heavy atom. The third-order valence-electron chi connectivity index (χ3n) is 2.09. The fraction of sp³-hybridized carbons (Fsp3) is 0.100. The summed E-state index contributed by atoms with van der Waals surface area (Å²) in [6, 6.07) is 6.17. The Morgan fingerprint density at radius 1 is 1.24 bits per heavy atom. The van der Waals surface area contributed by atoms with Crippen LogP contribution in [0.15, 0.2) is 30.5 Å². The number of nitrogens with zero attached hydrogens (tertiary/aromatic N) is 3. The summed E-state index contributed by atoms with van der Waals surface area (Å²) >= 11 is 0. The monoisotopic (exact) mass is 241 g/mol. The summed E-state index contributed by atoms with van der Waals surface area (Å²) in [4.78, 5) is 10.7. The van der Waals surface area contributed by atoms with E-state index in [1.54, 1.807) is 12.1 Å². The zero-order chi connectivity index (χ0) is 12.5. The summed E-state index contributed by atoms with van der Waals surface area (Å²) in [5.74, 6) is 0. The molecule has 0 bridgehead atoms. The highest BCUT2D eigenvalue weighted by Crippen LogP contribution is 2.27. The number of carbonyl (C=O) groups is 1. The fourth-order valence-corrected chi connectivity index (χ4v) is 1.31. The second kappa shape index (κ2) is 4.00. The van der Waals surface area contributed by atoms with Crippen LogP contribution in [0.2, 0.25) is 0 Å². The molecule has 4 nitrogen and oxygen atoms in total. The topological polar surface area (TPSA) is 47.8 Å². The van der Waals surface area contributed by atoms with Gasteiger partial charge in [-0.1, -0.05) is 17.3 Å². The minimum atomic E-state index is -4.55. The van der Waals surface area contributed by atoms with Crippen LogP contribution < -0.4 is 0 Å². The molecular weight excluding hydrogens is 235 g/mol. The van der Waals surface area contributed by atoms with Crippen LogP contribution >= 0.6 is 0 Å². The van der Waals surface area contributed by atoms with Crippen LogP contribution in [0.5, 0.6) is 0 Å². The predicted octanol–water partition coefficient (Wildman–Crippen LogP) is 2.10. The molecule has 0 aliphatic heterocycles. The van der Waals surface area contributed by atoms with Crippen LogP contribution in [0.4, 0.5) is 13.2 Å². The number of para-hydroxylation sites is 1. The van der Waals surface area contributed by atoms with E-state index in [4.69, 9.17) is 0 Å². The maximum atomic E-state index is 12.3. The summed E-state index contributed by atoms with van der Waals surface area (Å²) in [6.07, 6.45) is -3.26. The molecule has 0 aliphatic rings. The highest BCUT2D eigenvalue weighted by Gasteiger charge is 2.34. The first-order valence-electron chi connectivity index (χ1n) is 4.56. The molecular formula is C10H6F3N3O. The van der Waals surface area contributed by atoms with Crippen LogP contribution in [0.3, 0.4) is 0 Å². The zero-order valence-corrected chi connectivity index (χ0v) is 8.35. The summed E-state index contributed by atoms with van der Waals surface area (Å²) in [6.45, 7) is 0. The highest BCUT2D eigenvalue weighted by molar-refractivity contribution is 5.80. The van der Waals surface area contributed by atoms with E-state index in [-0.39, 0.29) is 11.3 Å². The number of hydrogen-bond donors (Lipinski definition) is 0. The number of alkyl halides is 3. The third-order valence-corrected chi connectivity index (χ3v) is 2.09. The van der Waals surface area contributed by atoms with Gasteiger partial charge in [0.05, 0.1) is 11.9 Å². The minimum absolute atomic E-state index is 0.242. The largest absolute Gasteiger partial charge is 0.436 e. The smallest absolute Gasteiger partial charge is 0.298 e. The van der Waals surface area contributed by atoms with Crippen molar-refractivity contribution in [3.63, 3.8) is 0 Å². The van der Waals surface area contributed by atoms with Crippen LogP contribution in [-0.2, 0) is 6.18 Å². The number of aromatic nitrogens is 3. The van der Waals surface area contributed by atoms with Gasteiger partial charge in [0.1, 0.15) is 0 Å². The molecule has 0 saturated carbocycles. The molecule has 1 aromatic heterocycles. The van der Waals surface area contributed by atoms with Crippen molar-refractivity contribution in [1.82, 2.24) is 15.0 Å². The Balaban J connectivity index is 2.47. The molecule has 1 aromatic carbocycles. The molecule has 17 heavy (non-hydrogen) atoms. The van der Waals surface area contributed by atoms with Crippen molar-refractivity contribution in [2.45, 2.75) is 6.18 Å². The Kier molecular flexibility index (Phi) is 2.66. The lowest BCUT2D eigenvalue weighted by Gasteiger charge is -2.02. The number of rotatable bonds is 2. The maximum Gasteiger partial charge on any atom is 0.436 e. The minimum Gasteiger partial charge on any atom is -0.298 e. The van der Waals surface area contributed by atoms with E-state index < -0.39 is 11.9 Å². The van der Waals surface area contributed by atoms with E-state index in [1.807, 2.05) is 0 Å². The van der Waals surface area contributed by atoms with E-state index in [1.165, 1.54) is 12.1 Å². The van der Waals surface area contributed by atoms with Gasteiger partial charge in [-0.25, -0.2) is 4.68 Å². The van der Waals surface area contributed by atoms with Gasteiger partial charge in [-0.05, 0) is 12.1 Å². The summed E-state index contributed by atoms with van der Waals surface area (Å²) in [5, 5.41) is 6.36. The summed E-state index contributed by atoms with van der Waals surface area (Å²) < 4.78 is 37.9. The molecule has 88 valence electrons. The molecule has 0 atom stereocenters. The van der Waals surface area contributed by atoms with E-state index in [0.717, 1.165) is 10.9 Å². The molecule has 0 fully saturated rings. The lowest BCUT2D eigenvalue weighted by Crippen LogP contribution is -2.05. The molecule has 0 aliphatic carbocycles. The highest BCUT2D eigenvalue weighted by atomic mass is 19.4. The van der Waals surface area contributed by atoms with E-state index in [9.17, 15) is 18.0 Å². The molecule has 2 rings (SSSR count). The second-order valence-electron chi connectivity index (χ2n) is 3.22. The molecule has 0 radical (unpaired) electrons. The van der Waals surface area contributed by atoms with Gasteiger partial charge in [0.2, 0.25) is 0 Å². The predicted molar refractivity (Wildman–Crippen MR) is 51.7 cm³/mol. The second-order valence-corrected chi connectivity index (χ2v) is 3.22. The SMILES string of the molecule is O=Cc1ccccc1-n1cc(C(F)(F)F)nn1.